The summed E-state index contributed by atoms with van der Waals surface area (Å²) in [5, 5.41) is 5.89. The smallest absolute Gasteiger partial charge is 0.246 e. The van der Waals surface area contributed by atoms with Crippen LogP contribution >= 0.6 is 11.6 Å². The standard InChI is InChI=1S/C23H36ClFN2O3/c1-14-4-3-5-16(8-14)15(2)26-21(29)22-11-23(12-22,13-22)27-20(28)10-30-17-6-7-18(24)19(25)9-17/h14-19H,3-13H2,1-2H3,(H,26,29)(H,27,28)/t14?,15-,16?,17?,18?,19?,22?,23?/m1/s1. The Morgan fingerprint density at radius 2 is 1.90 bits per heavy atom. The highest BCUT2D eigenvalue weighted by Gasteiger charge is 2.72. The van der Waals surface area contributed by atoms with Gasteiger partial charge in [0.1, 0.15) is 12.8 Å². The first-order valence-corrected chi connectivity index (χ1v) is 12.2. The van der Waals surface area contributed by atoms with E-state index in [1.807, 2.05) is 0 Å². The lowest BCUT2D eigenvalue weighted by Gasteiger charge is -2.69. The van der Waals surface area contributed by atoms with Crippen LogP contribution in [0.5, 0.6) is 0 Å². The molecule has 0 radical (unpaired) electrons. The first-order chi connectivity index (χ1) is 14.2. The number of amides is 2. The molecule has 5 fully saturated rings. The number of rotatable bonds is 7. The van der Waals surface area contributed by atoms with E-state index in [4.69, 9.17) is 16.3 Å². The van der Waals surface area contributed by atoms with Gasteiger partial charge in [0.15, 0.2) is 0 Å². The molecule has 5 unspecified atom stereocenters. The molecule has 5 saturated carbocycles. The molecule has 0 saturated heterocycles. The fraction of sp³-hybridized carbons (Fsp3) is 0.913. The lowest BCUT2D eigenvalue weighted by molar-refractivity contribution is -0.185. The van der Waals surface area contributed by atoms with E-state index in [2.05, 4.69) is 24.5 Å². The molecule has 170 valence electrons. The Kier molecular flexibility index (Phi) is 6.38. The molecule has 0 aromatic heterocycles. The monoisotopic (exact) mass is 442 g/mol. The largest absolute Gasteiger partial charge is 0.368 e. The molecule has 7 heteroatoms. The summed E-state index contributed by atoms with van der Waals surface area (Å²) < 4.78 is 19.3. The Morgan fingerprint density at radius 1 is 1.17 bits per heavy atom. The van der Waals surface area contributed by atoms with Crippen molar-refractivity contribution < 1.29 is 18.7 Å². The van der Waals surface area contributed by atoms with Gasteiger partial charge < -0.3 is 15.4 Å². The van der Waals surface area contributed by atoms with Crippen LogP contribution in [0.3, 0.4) is 0 Å². The summed E-state index contributed by atoms with van der Waals surface area (Å²) in [7, 11) is 0. The Balaban J connectivity index is 1.16. The van der Waals surface area contributed by atoms with Crippen LogP contribution in [0.4, 0.5) is 4.39 Å². The van der Waals surface area contributed by atoms with Crippen molar-refractivity contribution in [2.75, 3.05) is 6.61 Å². The summed E-state index contributed by atoms with van der Waals surface area (Å²) in [6, 6.07) is 0.218. The normalized spacial score (nSPS) is 43.7. The minimum absolute atomic E-state index is 0.0534. The highest BCUT2D eigenvalue weighted by molar-refractivity contribution is 6.21. The fourth-order valence-corrected chi connectivity index (χ4v) is 6.52. The number of hydrogen-bond acceptors (Lipinski definition) is 3. The van der Waals surface area contributed by atoms with Crippen molar-refractivity contribution in [2.45, 2.75) is 107 Å². The Labute approximate surface area is 184 Å². The third-order valence-electron chi connectivity index (χ3n) is 8.05. The van der Waals surface area contributed by atoms with E-state index in [1.54, 1.807) is 0 Å². The zero-order valence-corrected chi connectivity index (χ0v) is 19.0. The number of carbonyl (C=O) groups is 2. The highest BCUT2D eigenvalue weighted by Crippen LogP contribution is 2.67. The van der Waals surface area contributed by atoms with Gasteiger partial charge in [-0.1, -0.05) is 19.8 Å². The summed E-state index contributed by atoms with van der Waals surface area (Å²) in [6.07, 6.45) is 7.33. The lowest BCUT2D eigenvalue weighted by atomic mass is 9.39. The van der Waals surface area contributed by atoms with E-state index < -0.39 is 11.5 Å². The van der Waals surface area contributed by atoms with E-state index in [9.17, 15) is 14.0 Å². The van der Waals surface area contributed by atoms with Gasteiger partial charge in [0, 0.05) is 18.0 Å². The average Bonchev–Trinajstić information content (AvgIpc) is 2.64. The molecule has 0 heterocycles. The molecule has 0 aliphatic heterocycles. The van der Waals surface area contributed by atoms with Crippen LogP contribution in [0.25, 0.3) is 0 Å². The molecular formula is C23H36ClFN2O3. The van der Waals surface area contributed by atoms with Gasteiger partial charge in [-0.3, -0.25) is 9.59 Å². The molecule has 5 aliphatic carbocycles. The molecule has 30 heavy (non-hydrogen) atoms. The maximum atomic E-state index is 13.7. The van der Waals surface area contributed by atoms with Gasteiger partial charge in [-0.05, 0) is 63.7 Å². The lowest BCUT2D eigenvalue weighted by Crippen LogP contribution is -2.78. The van der Waals surface area contributed by atoms with Gasteiger partial charge >= 0.3 is 0 Å². The van der Waals surface area contributed by atoms with Crippen LogP contribution in [0.1, 0.15) is 78.1 Å². The Bertz CT molecular complexity index is 655. The van der Waals surface area contributed by atoms with Crippen LogP contribution in [0, 0.1) is 17.3 Å². The molecule has 2 N–H and O–H groups in total. The van der Waals surface area contributed by atoms with Crippen LogP contribution in [0.2, 0.25) is 0 Å². The minimum atomic E-state index is -1.07. The third kappa shape index (κ3) is 4.50. The molecule has 0 aromatic rings. The molecular weight excluding hydrogens is 407 g/mol. The molecule has 2 amide bonds. The van der Waals surface area contributed by atoms with E-state index in [1.165, 1.54) is 25.7 Å². The van der Waals surface area contributed by atoms with Crippen molar-refractivity contribution in [1.29, 1.82) is 0 Å². The van der Waals surface area contributed by atoms with E-state index in [0.717, 1.165) is 25.2 Å². The molecule has 0 spiro atoms. The van der Waals surface area contributed by atoms with Crippen LogP contribution < -0.4 is 10.6 Å². The second-order valence-electron chi connectivity index (χ2n) is 10.7. The van der Waals surface area contributed by atoms with Gasteiger partial charge in [-0.25, -0.2) is 4.39 Å². The van der Waals surface area contributed by atoms with Crippen molar-refractivity contribution in [3.8, 4) is 0 Å². The fourth-order valence-electron chi connectivity index (χ4n) is 6.29. The third-order valence-corrected chi connectivity index (χ3v) is 8.55. The second-order valence-corrected chi connectivity index (χ2v) is 11.3. The average molecular weight is 443 g/mol. The van der Waals surface area contributed by atoms with Crippen molar-refractivity contribution in [2.24, 2.45) is 17.3 Å². The van der Waals surface area contributed by atoms with Crippen LogP contribution in [-0.4, -0.2) is 47.7 Å². The van der Waals surface area contributed by atoms with Gasteiger partial charge in [-0.15, -0.1) is 11.6 Å². The predicted octanol–water partition coefficient (Wildman–Crippen LogP) is 3.87. The second kappa shape index (κ2) is 8.57. The van der Waals surface area contributed by atoms with Crippen molar-refractivity contribution in [1.82, 2.24) is 10.6 Å². The topological polar surface area (TPSA) is 67.4 Å². The molecule has 5 aliphatic rings. The maximum Gasteiger partial charge on any atom is 0.246 e. The number of carbonyl (C=O) groups excluding carboxylic acids is 2. The summed E-state index contributed by atoms with van der Waals surface area (Å²) in [4.78, 5) is 25.1. The molecule has 0 aromatic carbocycles. The number of alkyl halides is 2. The Hall–Kier alpha value is -0.880. The summed E-state index contributed by atoms with van der Waals surface area (Å²) in [6.45, 7) is 4.39. The van der Waals surface area contributed by atoms with Gasteiger partial charge in [0.25, 0.3) is 0 Å². The van der Waals surface area contributed by atoms with Gasteiger partial charge in [-0.2, -0.15) is 0 Å². The van der Waals surface area contributed by atoms with Gasteiger partial charge in [0.05, 0.1) is 16.9 Å². The Morgan fingerprint density at radius 3 is 2.57 bits per heavy atom. The zero-order chi connectivity index (χ0) is 21.5. The minimum Gasteiger partial charge on any atom is -0.368 e. The van der Waals surface area contributed by atoms with Crippen molar-refractivity contribution >= 4 is 23.4 Å². The van der Waals surface area contributed by atoms with E-state index in [-0.39, 0.29) is 47.9 Å². The first-order valence-electron chi connectivity index (χ1n) is 11.7. The maximum absolute atomic E-state index is 13.7. The molecule has 5 nitrogen and oxygen atoms in total. The highest BCUT2D eigenvalue weighted by atomic mass is 35.5. The number of ether oxygens (including phenoxy) is 1. The van der Waals surface area contributed by atoms with Gasteiger partial charge in [0.2, 0.25) is 11.8 Å². The summed E-state index contributed by atoms with van der Waals surface area (Å²) >= 11 is 5.89. The number of halogens is 2. The number of hydrogen-bond donors (Lipinski definition) is 2. The number of nitrogens with one attached hydrogen (secondary N) is 2. The van der Waals surface area contributed by atoms with Crippen molar-refractivity contribution in [3.63, 3.8) is 0 Å². The molecule has 6 atom stereocenters. The van der Waals surface area contributed by atoms with Crippen LogP contribution in [-0.2, 0) is 14.3 Å². The summed E-state index contributed by atoms with van der Waals surface area (Å²) in [5.41, 5.74) is -0.528. The SMILES string of the molecule is CC1CCCC([C@@H](C)NC(=O)C23CC(NC(=O)COC4CCC(Cl)C(F)C4)(C2)C3)C1. The predicted molar refractivity (Wildman–Crippen MR) is 114 cm³/mol. The van der Waals surface area contributed by atoms with Crippen LogP contribution in [0.15, 0.2) is 0 Å². The summed E-state index contributed by atoms with van der Waals surface area (Å²) in [5.74, 6) is 1.32. The van der Waals surface area contributed by atoms with E-state index >= 15 is 0 Å². The zero-order valence-electron chi connectivity index (χ0n) is 18.2. The van der Waals surface area contributed by atoms with Crippen molar-refractivity contribution in [3.05, 3.63) is 0 Å². The quantitative estimate of drug-likeness (QED) is 0.588. The first kappa shape index (κ1) is 22.3. The molecule has 5 rings (SSSR count). The van der Waals surface area contributed by atoms with E-state index in [0.29, 0.717) is 18.8 Å². The molecule has 2 bridgehead atoms.